The van der Waals surface area contributed by atoms with Crippen molar-refractivity contribution in [3.8, 4) is 11.5 Å². The first-order chi connectivity index (χ1) is 13.0. The molecular weight excluding hydrogens is 348 g/mol. The Morgan fingerprint density at radius 3 is 1.00 bits per heavy atom. The van der Waals surface area contributed by atoms with Gasteiger partial charge in [-0.25, -0.2) is 0 Å². The molecule has 3 heteroatoms. The van der Waals surface area contributed by atoms with Crippen LogP contribution >= 0.6 is 0 Å². The lowest BCUT2D eigenvalue weighted by molar-refractivity contribution is 0.0500. The zero-order valence-corrected chi connectivity index (χ0v) is 19.9. The molecule has 0 radical (unpaired) electrons. The monoisotopic (exact) mass is 386 g/mol. The minimum Gasteiger partial charge on any atom is -0.496 e. The lowest BCUT2D eigenvalue weighted by Gasteiger charge is -2.18. The average Bonchev–Trinajstić information content (AvgIpc) is 2.69. The van der Waals surface area contributed by atoms with E-state index in [2.05, 4.69) is 69.2 Å². The maximum absolute atomic E-state index is 5.61. The van der Waals surface area contributed by atoms with Crippen LogP contribution in [0.1, 0.15) is 55.6 Å². The normalized spacial score (nSPS) is 10.4. The van der Waals surface area contributed by atoms with Crippen molar-refractivity contribution in [3.63, 3.8) is 0 Å². The van der Waals surface area contributed by atoms with Crippen LogP contribution in [0, 0.1) is 69.2 Å². The predicted octanol–water partition coefficient (Wildman–Crippen LogP) is 6.45. The summed E-state index contributed by atoms with van der Waals surface area (Å²) >= 11 is 0. The smallest absolute Gasteiger partial charge is 0.188 e. The molecule has 0 saturated carbocycles. The summed E-state index contributed by atoms with van der Waals surface area (Å²) in [5.41, 5.74) is 13.0. The molecule has 0 unspecified atom stereocenters. The summed E-state index contributed by atoms with van der Waals surface area (Å²) < 4.78 is 15.9. The molecule has 28 heavy (non-hydrogen) atoms. The summed E-state index contributed by atoms with van der Waals surface area (Å²) in [6.45, 7) is 21.6. The van der Waals surface area contributed by atoms with Gasteiger partial charge in [0.1, 0.15) is 11.5 Å². The van der Waals surface area contributed by atoms with Gasteiger partial charge in [-0.05, 0) is 125 Å². The van der Waals surface area contributed by atoms with Gasteiger partial charge in [-0.15, -0.1) is 0 Å². The SMILES string of the molecule is COCOc1c(C)c(C)c(C)c(C)c1C.COc1c(C)c(C)c(C)c(C)c1C. The van der Waals surface area contributed by atoms with Crippen molar-refractivity contribution in [2.45, 2.75) is 69.2 Å². The van der Waals surface area contributed by atoms with Crippen molar-refractivity contribution in [2.75, 3.05) is 21.0 Å². The fourth-order valence-electron chi connectivity index (χ4n) is 3.57. The Labute approximate surface area is 172 Å². The molecule has 0 N–H and O–H groups in total. The summed E-state index contributed by atoms with van der Waals surface area (Å²) in [5.74, 6) is 2.01. The molecule has 0 spiro atoms. The summed E-state index contributed by atoms with van der Waals surface area (Å²) in [7, 11) is 3.38. The second-order valence-electron chi connectivity index (χ2n) is 7.66. The second kappa shape index (κ2) is 9.97. The summed E-state index contributed by atoms with van der Waals surface area (Å²) in [4.78, 5) is 0. The number of hydrogen-bond donors (Lipinski definition) is 0. The van der Waals surface area contributed by atoms with Crippen molar-refractivity contribution in [3.05, 3.63) is 55.6 Å². The van der Waals surface area contributed by atoms with Crippen LogP contribution in [0.5, 0.6) is 11.5 Å². The third kappa shape index (κ3) is 4.70. The average molecular weight is 387 g/mol. The van der Waals surface area contributed by atoms with Crippen LogP contribution in [0.2, 0.25) is 0 Å². The fraction of sp³-hybridized carbons (Fsp3) is 0.520. The van der Waals surface area contributed by atoms with Gasteiger partial charge < -0.3 is 14.2 Å². The van der Waals surface area contributed by atoms with E-state index in [-0.39, 0.29) is 0 Å². The van der Waals surface area contributed by atoms with Crippen molar-refractivity contribution < 1.29 is 14.2 Å². The van der Waals surface area contributed by atoms with Crippen molar-refractivity contribution in [1.82, 2.24) is 0 Å². The molecule has 3 nitrogen and oxygen atoms in total. The minimum absolute atomic E-state index is 0.309. The van der Waals surface area contributed by atoms with Gasteiger partial charge in [0.25, 0.3) is 0 Å². The van der Waals surface area contributed by atoms with Gasteiger partial charge in [0.15, 0.2) is 6.79 Å². The molecule has 156 valence electrons. The first-order valence-electron chi connectivity index (χ1n) is 9.80. The lowest BCUT2D eigenvalue weighted by Crippen LogP contribution is -2.05. The van der Waals surface area contributed by atoms with E-state index in [1.54, 1.807) is 14.2 Å². The summed E-state index contributed by atoms with van der Waals surface area (Å²) in [6, 6.07) is 0. The number of hydrogen-bond acceptors (Lipinski definition) is 3. The van der Waals surface area contributed by atoms with Gasteiger partial charge in [-0.2, -0.15) is 0 Å². The van der Waals surface area contributed by atoms with E-state index in [9.17, 15) is 0 Å². The Hall–Kier alpha value is -2.00. The molecule has 2 rings (SSSR count). The number of methoxy groups -OCH3 is 2. The Morgan fingerprint density at radius 2 is 0.714 bits per heavy atom. The Kier molecular flexibility index (Phi) is 8.56. The topological polar surface area (TPSA) is 27.7 Å². The van der Waals surface area contributed by atoms with Crippen molar-refractivity contribution in [1.29, 1.82) is 0 Å². The zero-order chi connectivity index (χ0) is 21.8. The molecule has 0 aromatic heterocycles. The third-order valence-electron chi connectivity index (χ3n) is 6.39. The van der Waals surface area contributed by atoms with Crippen LogP contribution in [-0.4, -0.2) is 21.0 Å². The van der Waals surface area contributed by atoms with Crippen LogP contribution in [0.4, 0.5) is 0 Å². The van der Waals surface area contributed by atoms with E-state index >= 15 is 0 Å². The highest BCUT2D eigenvalue weighted by Gasteiger charge is 2.13. The summed E-state index contributed by atoms with van der Waals surface area (Å²) in [5, 5.41) is 0. The molecule has 0 atom stereocenters. The quantitative estimate of drug-likeness (QED) is 0.565. The molecule has 2 aromatic carbocycles. The van der Waals surface area contributed by atoms with Crippen LogP contribution in [0.3, 0.4) is 0 Å². The molecule has 0 fully saturated rings. The second-order valence-corrected chi connectivity index (χ2v) is 7.66. The van der Waals surface area contributed by atoms with Gasteiger partial charge in [-0.3, -0.25) is 0 Å². The van der Waals surface area contributed by atoms with Crippen LogP contribution in [0.15, 0.2) is 0 Å². The molecular formula is C25H38O3. The van der Waals surface area contributed by atoms with Gasteiger partial charge in [-0.1, -0.05) is 0 Å². The van der Waals surface area contributed by atoms with E-state index in [1.807, 2.05) is 0 Å². The van der Waals surface area contributed by atoms with Crippen LogP contribution in [-0.2, 0) is 4.74 Å². The molecule has 0 aliphatic carbocycles. The molecule has 2 aromatic rings. The highest BCUT2D eigenvalue weighted by atomic mass is 16.7. The van der Waals surface area contributed by atoms with Gasteiger partial charge >= 0.3 is 0 Å². The van der Waals surface area contributed by atoms with Crippen molar-refractivity contribution in [2.24, 2.45) is 0 Å². The van der Waals surface area contributed by atoms with E-state index in [0.29, 0.717) is 6.79 Å². The molecule has 0 bridgehead atoms. The maximum Gasteiger partial charge on any atom is 0.188 e. The third-order valence-corrected chi connectivity index (χ3v) is 6.39. The molecule has 0 heterocycles. The first kappa shape index (κ1) is 24.0. The van der Waals surface area contributed by atoms with E-state index in [0.717, 1.165) is 11.5 Å². The Morgan fingerprint density at radius 1 is 0.429 bits per heavy atom. The zero-order valence-electron chi connectivity index (χ0n) is 19.9. The molecule has 0 amide bonds. The van der Waals surface area contributed by atoms with E-state index in [1.165, 1.54) is 55.6 Å². The summed E-state index contributed by atoms with van der Waals surface area (Å²) in [6.07, 6.45) is 0. The number of ether oxygens (including phenoxy) is 3. The van der Waals surface area contributed by atoms with Gasteiger partial charge in [0.2, 0.25) is 0 Å². The van der Waals surface area contributed by atoms with Gasteiger partial charge in [0.05, 0.1) is 7.11 Å². The Bertz CT molecular complexity index is 790. The van der Waals surface area contributed by atoms with Crippen LogP contribution in [0.25, 0.3) is 0 Å². The van der Waals surface area contributed by atoms with Crippen molar-refractivity contribution >= 4 is 0 Å². The minimum atomic E-state index is 0.309. The van der Waals surface area contributed by atoms with E-state index < -0.39 is 0 Å². The highest BCUT2D eigenvalue weighted by Crippen LogP contribution is 2.32. The number of benzene rings is 2. The predicted molar refractivity (Wildman–Crippen MR) is 119 cm³/mol. The largest absolute Gasteiger partial charge is 0.496 e. The number of rotatable bonds is 4. The fourth-order valence-corrected chi connectivity index (χ4v) is 3.57. The standard InChI is InChI=1S/C13H20O2.C12H18O/c1-8-9(2)11(4)13(15-7-14-6)12(5)10(8)3;1-7-8(2)10(4)12(13-6)11(5)9(7)3/h7H2,1-6H3;1-6H3. The molecule has 0 aliphatic heterocycles. The first-order valence-corrected chi connectivity index (χ1v) is 9.80. The Balaban J connectivity index is 0.000000283. The molecule has 0 aliphatic rings. The van der Waals surface area contributed by atoms with Gasteiger partial charge in [0, 0.05) is 7.11 Å². The maximum atomic E-state index is 5.61. The molecule has 0 saturated heterocycles. The van der Waals surface area contributed by atoms with E-state index in [4.69, 9.17) is 14.2 Å². The van der Waals surface area contributed by atoms with Crippen LogP contribution < -0.4 is 9.47 Å². The highest BCUT2D eigenvalue weighted by molar-refractivity contribution is 5.54. The lowest BCUT2D eigenvalue weighted by atomic mass is 9.94.